The maximum atomic E-state index is 12.9. The van der Waals surface area contributed by atoms with Crippen LogP contribution >= 0.6 is 11.3 Å². The molecule has 1 aromatic heterocycles. The van der Waals surface area contributed by atoms with E-state index in [1.165, 1.54) is 11.3 Å². The normalized spacial score (nSPS) is 14.6. The summed E-state index contributed by atoms with van der Waals surface area (Å²) in [7, 11) is 4.78. The number of carbonyl (C=O) groups excluding carboxylic acids is 1. The number of ether oxygens (including phenoxy) is 4. The molecule has 1 saturated heterocycles. The quantitative estimate of drug-likeness (QED) is 0.591. The number of amides is 1. The van der Waals surface area contributed by atoms with Gasteiger partial charge in [0.1, 0.15) is 11.9 Å². The molecule has 7 nitrogen and oxygen atoms in total. The van der Waals surface area contributed by atoms with E-state index < -0.39 is 0 Å². The molecule has 158 valence electrons. The predicted octanol–water partition coefficient (Wildman–Crippen LogP) is 4.01. The lowest BCUT2D eigenvalue weighted by molar-refractivity contribution is 0.0595. The molecule has 8 heteroatoms. The summed E-state index contributed by atoms with van der Waals surface area (Å²) in [6, 6.07) is 11.1. The van der Waals surface area contributed by atoms with Crippen LogP contribution in [0.2, 0.25) is 0 Å². The van der Waals surface area contributed by atoms with Crippen molar-refractivity contribution < 1.29 is 23.7 Å². The van der Waals surface area contributed by atoms with Crippen LogP contribution in [0.1, 0.15) is 23.2 Å². The molecule has 1 aliphatic rings. The highest BCUT2D eigenvalue weighted by Crippen LogP contribution is 2.32. The lowest BCUT2D eigenvalue weighted by Gasteiger charge is -2.31. The Bertz CT molecular complexity index is 1040. The van der Waals surface area contributed by atoms with Crippen molar-refractivity contribution in [1.29, 1.82) is 0 Å². The van der Waals surface area contributed by atoms with Gasteiger partial charge in [0.15, 0.2) is 11.5 Å². The zero-order valence-electron chi connectivity index (χ0n) is 17.2. The Morgan fingerprint density at radius 2 is 1.77 bits per heavy atom. The fraction of sp³-hybridized carbons (Fsp3) is 0.364. The molecule has 0 saturated carbocycles. The van der Waals surface area contributed by atoms with Crippen LogP contribution in [0.4, 0.5) is 0 Å². The van der Waals surface area contributed by atoms with Gasteiger partial charge in [0.05, 0.1) is 31.5 Å². The van der Waals surface area contributed by atoms with Crippen LogP contribution in [0.15, 0.2) is 36.4 Å². The molecule has 0 radical (unpaired) electrons. The maximum Gasteiger partial charge on any atom is 0.274 e. The molecule has 2 heterocycles. The summed E-state index contributed by atoms with van der Waals surface area (Å²) in [5, 5.41) is 0.655. The average molecular weight is 429 g/mol. The number of aromatic nitrogens is 1. The number of hydrogen-bond donors (Lipinski definition) is 0. The Balaban J connectivity index is 1.37. The lowest BCUT2D eigenvalue weighted by Crippen LogP contribution is -2.41. The van der Waals surface area contributed by atoms with Crippen LogP contribution < -0.4 is 18.9 Å². The molecule has 0 unspecified atom stereocenters. The third-order valence-electron chi connectivity index (χ3n) is 5.20. The molecule has 0 N–H and O–H groups in total. The van der Waals surface area contributed by atoms with Crippen LogP contribution in [0.3, 0.4) is 0 Å². The third-order valence-corrected chi connectivity index (χ3v) is 6.13. The molecule has 3 aromatic rings. The van der Waals surface area contributed by atoms with Crippen molar-refractivity contribution in [3.8, 4) is 22.4 Å². The van der Waals surface area contributed by atoms with Crippen molar-refractivity contribution in [1.82, 2.24) is 9.88 Å². The summed E-state index contributed by atoms with van der Waals surface area (Å²) < 4.78 is 23.0. The zero-order valence-corrected chi connectivity index (χ0v) is 18.0. The Hall–Kier alpha value is -3.00. The van der Waals surface area contributed by atoms with E-state index in [2.05, 4.69) is 4.98 Å². The molecule has 1 aliphatic heterocycles. The van der Waals surface area contributed by atoms with Crippen LogP contribution in [0.25, 0.3) is 10.2 Å². The first-order valence-corrected chi connectivity index (χ1v) is 10.6. The minimum atomic E-state index is -0.0125. The van der Waals surface area contributed by atoms with Gasteiger partial charge in [-0.15, -0.1) is 0 Å². The smallest absolute Gasteiger partial charge is 0.274 e. The van der Waals surface area contributed by atoms with E-state index in [-0.39, 0.29) is 12.0 Å². The summed E-state index contributed by atoms with van der Waals surface area (Å²) in [5.41, 5.74) is 1.46. The van der Waals surface area contributed by atoms with E-state index in [0.29, 0.717) is 35.3 Å². The molecule has 0 aliphatic carbocycles. The summed E-state index contributed by atoms with van der Waals surface area (Å²) in [4.78, 5) is 19.3. The van der Waals surface area contributed by atoms with Gasteiger partial charge in [-0.05, 0) is 30.3 Å². The largest absolute Gasteiger partial charge is 0.497 e. The average Bonchev–Trinajstić information content (AvgIpc) is 3.19. The first kappa shape index (κ1) is 20.3. The lowest BCUT2D eigenvalue weighted by atomic mass is 10.1. The molecule has 30 heavy (non-hydrogen) atoms. The monoisotopic (exact) mass is 428 g/mol. The highest BCUT2D eigenvalue weighted by Gasteiger charge is 2.26. The van der Waals surface area contributed by atoms with Crippen LogP contribution in [0, 0.1) is 0 Å². The van der Waals surface area contributed by atoms with Gasteiger partial charge in [-0.2, -0.15) is 0 Å². The molecule has 0 atom stereocenters. The maximum absolute atomic E-state index is 12.9. The second-order valence-corrected chi connectivity index (χ2v) is 7.99. The van der Waals surface area contributed by atoms with Gasteiger partial charge in [-0.3, -0.25) is 4.79 Å². The Morgan fingerprint density at radius 3 is 2.47 bits per heavy atom. The standard InChI is InChI=1S/C22H24N2O5S/c1-26-16-5-7-20-17(13-16)23-22(30-20)29-15-8-10-24(11-9-15)21(25)14-4-6-18(27-2)19(12-14)28-3/h4-7,12-13,15H,8-11H2,1-3H3. The molecular formula is C22H24N2O5S. The zero-order chi connectivity index (χ0) is 21.1. The van der Waals surface area contributed by atoms with Crippen molar-refractivity contribution in [3.05, 3.63) is 42.0 Å². The number of thiazole rings is 1. The molecule has 0 spiro atoms. The van der Waals surface area contributed by atoms with Crippen molar-refractivity contribution >= 4 is 27.5 Å². The van der Waals surface area contributed by atoms with Gasteiger partial charge < -0.3 is 23.8 Å². The first-order chi connectivity index (χ1) is 14.6. The minimum absolute atomic E-state index is 0.0125. The van der Waals surface area contributed by atoms with Crippen LogP contribution in [-0.2, 0) is 0 Å². The summed E-state index contributed by atoms with van der Waals surface area (Å²) >= 11 is 1.53. The topological polar surface area (TPSA) is 70.1 Å². The number of methoxy groups -OCH3 is 3. The number of hydrogen-bond acceptors (Lipinski definition) is 7. The Morgan fingerprint density at radius 1 is 1.00 bits per heavy atom. The van der Waals surface area contributed by atoms with Gasteiger partial charge in [0.25, 0.3) is 11.1 Å². The van der Waals surface area contributed by atoms with Gasteiger partial charge in [0, 0.05) is 37.6 Å². The van der Waals surface area contributed by atoms with E-state index in [1.807, 2.05) is 23.1 Å². The Labute approximate surface area is 179 Å². The number of nitrogens with zero attached hydrogens (tertiary/aromatic N) is 2. The molecular weight excluding hydrogens is 404 g/mol. The van der Waals surface area contributed by atoms with Crippen LogP contribution in [-0.4, -0.2) is 56.3 Å². The highest BCUT2D eigenvalue weighted by atomic mass is 32.1. The predicted molar refractivity (Wildman–Crippen MR) is 115 cm³/mol. The second kappa shape index (κ2) is 8.79. The number of fused-ring (bicyclic) bond motifs is 1. The molecule has 1 amide bonds. The van der Waals surface area contributed by atoms with Gasteiger partial charge in [-0.1, -0.05) is 11.3 Å². The van der Waals surface area contributed by atoms with Crippen molar-refractivity contribution in [2.75, 3.05) is 34.4 Å². The molecule has 4 rings (SSSR count). The van der Waals surface area contributed by atoms with E-state index >= 15 is 0 Å². The highest BCUT2D eigenvalue weighted by molar-refractivity contribution is 7.20. The summed E-state index contributed by atoms with van der Waals surface area (Å²) in [5.74, 6) is 1.92. The third kappa shape index (κ3) is 4.14. The number of benzene rings is 2. The van der Waals surface area contributed by atoms with Crippen molar-refractivity contribution in [3.63, 3.8) is 0 Å². The van der Waals surface area contributed by atoms with Gasteiger partial charge in [0.2, 0.25) is 0 Å². The van der Waals surface area contributed by atoms with Gasteiger partial charge >= 0.3 is 0 Å². The van der Waals surface area contributed by atoms with Crippen molar-refractivity contribution in [2.24, 2.45) is 0 Å². The molecule has 0 bridgehead atoms. The van der Waals surface area contributed by atoms with E-state index in [4.69, 9.17) is 18.9 Å². The molecule has 2 aromatic carbocycles. The number of rotatable bonds is 6. The van der Waals surface area contributed by atoms with E-state index in [1.54, 1.807) is 39.5 Å². The second-order valence-electron chi connectivity index (χ2n) is 6.99. The fourth-order valence-electron chi connectivity index (χ4n) is 3.53. The van der Waals surface area contributed by atoms with Crippen molar-refractivity contribution in [2.45, 2.75) is 18.9 Å². The number of piperidine rings is 1. The summed E-state index contributed by atoms with van der Waals surface area (Å²) in [6.45, 7) is 1.27. The van der Waals surface area contributed by atoms with E-state index in [0.717, 1.165) is 28.8 Å². The minimum Gasteiger partial charge on any atom is -0.497 e. The number of likely N-dealkylation sites (tertiary alicyclic amines) is 1. The number of carbonyl (C=O) groups is 1. The molecule has 1 fully saturated rings. The van der Waals surface area contributed by atoms with E-state index in [9.17, 15) is 4.79 Å². The van der Waals surface area contributed by atoms with Gasteiger partial charge in [-0.25, -0.2) is 4.98 Å². The van der Waals surface area contributed by atoms with Crippen LogP contribution in [0.5, 0.6) is 22.4 Å². The summed E-state index contributed by atoms with van der Waals surface area (Å²) in [6.07, 6.45) is 1.57. The SMILES string of the molecule is COc1ccc2sc(OC3CCN(C(=O)c4ccc(OC)c(OC)c4)CC3)nc2c1. The Kier molecular flexibility index (Phi) is 5.94. The fourth-order valence-corrected chi connectivity index (χ4v) is 4.40. The first-order valence-electron chi connectivity index (χ1n) is 9.74.